The summed E-state index contributed by atoms with van der Waals surface area (Å²) in [7, 11) is 0. The molecule has 3 aliphatic heterocycles. The normalized spacial score (nSPS) is 46.5. The first-order valence-corrected chi connectivity index (χ1v) is 12.3. The quantitative estimate of drug-likeness (QED) is 0.265. The van der Waals surface area contributed by atoms with Crippen LogP contribution in [-0.4, -0.2) is 105 Å². The Morgan fingerprint density at radius 2 is 1.83 bits per heavy atom. The van der Waals surface area contributed by atoms with E-state index in [9.17, 15) is 30.0 Å². The molecule has 5 aliphatic rings. The standard InChI is InChI=1S/C23H34N2O10/c1-4-25-20(30)10-6-5-9-11(7-12(26)16(28)14(9)15(10)21(25)31)24-32-8-13(27)18-17(29)19-22(33-18)35-23(2,3)34-19/h9-10,12-19,22,26-29H,4-8H2,1-3H3/b24-11+/t9-,10+,12+,13+,14-,15+,16+,17-,18+,19+,22+/m0/s1. The van der Waals surface area contributed by atoms with Gasteiger partial charge in [-0.2, -0.15) is 0 Å². The number of likely N-dealkylation sites (tertiary alicyclic amines) is 1. The van der Waals surface area contributed by atoms with E-state index < -0.39 is 66.5 Å². The van der Waals surface area contributed by atoms with Gasteiger partial charge in [-0.25, -0.2) is 0 Å². The summed E-state index contributed by atoms with van der Waals surface area (Å²) in [5.74, 6) is -3.60. The third kappa shape index (κ3) is 4.08. The maximum atomic E-state index is 12.9. The number of carbonyl (C=O) groups is 2. The van der Waals surface area contributed by atoms with E-state index >= 15 is 0 Å². The molecule has 3 heterocycles. The lowest BCUT2D eigenvalue weighted by molar-refractivity contribution is -0.228. The van der Waals surface area contributed by atoms with Gasteiger partial charge in [0.25, 0.3) is 0 Å². The fourth-order valence-electron chi connectivity index (χ4n) is 6.48. The number of amides is 2. The van der Waals surface area contributed by atoms with Gasteiger partial charge in [0.15, 0.2) is 12.1 Å². The minimum atomic E-state index is -1.23. The predicted octanol–water partition coefficient (Wildman–Crippen LogP) is -1.27. The van der Waals surface area contributed by atoms with E-state index in [4.69, 9.17) is 19.0 Å². The molecule has 12 heteroatoms. The van der Waals surface area contributed by atoms with Crippen molar-refractivity contribution in [2.24, 2.45) is 28.8 Å². The number of hydrogen-bond donors (Lipinski definition) is 4. The Morgan fingerprint density at radius 3 is 2.51 bits per heavy atom. The number of carbonyl (C=O) groups excluding carboxylic acids is 2. The van der Waals surface area contributed by atoms with Crippen molar-refractivity contribution in [3.05, 3.63) is 0 Å². The van der Waals surface area contributed by atoms with E-state index in [0.717, 1.165) is 0 Å². The van der Waals surface area contributed by atoms with Crippen molar-refractivity contribution >= 4 is 17.5 Å². The van der Waals surface area contributed by atoms with Crippen LogP contribution >= 0.6 is 0 Å². The lowest BCUT2D eigenvalue weighted by Gasteiger charge is -2.45. The molecule has 196 valence electrons. The number of rotatable bonds is 5. The summed E-state index contributed by atoms with van der Waals surface area (Å²) >= 11 is 0. The first-order valence-electron chi connectivity index (χ1n) is 12.3. The number of fused-ring (bicyclic) bond motifs is 4. The van der Waals surface area contributed by atoms with Gasteiger partial charge in [0, 0.05) is 24.8 Å². The summed E-state index contributed by atoms with van der Waals surface area (Å²) in [6.07, 6.45) is -6.12. The van der Waals surface area contributed by atoms with E-state index in [-0.39, 0.29) is 37.3 Å². The van der Waals surface area contributed by atoms with Gasteiger partial charge in [0.1, 0.15) is 31.0 Å². The second-order valence-corrected chi connectivity index (χ2v) is 10.6. The van der Waals surface area contributed by atoms with Crippen molar-refractivity contribution in [2.75, 3.05) is 13.2 Å². The zero-order chi connectivity index (χ0) is 25.2. The average Bonchev–Trinajstić information content (AvgIpc) is 3.37. The molecule has 0 aromatic rings. The minimum Gasteiger partial charge on any atom is -0.393 e. The lowest BCUT2D eigenvalue weighted by Crippen LogP contribution is -2.54. The highest BCUT2D eigenvalue weighted by atomic mass is 16.8. The second kappa shape index (κ2) is 9.02. The molecule has 3 saturated heterocycles. The van der Waals surface area contributed by atoms with Gasteiger partial charge in [-0.15, -0.1) is 0 Å². The molecular weight excluding hydrogens is 464 g/mol. The summed E-state index contributed by atoms with van der Waals surface area (Å²) in [6.45, 7) is 5.12. The molecule has 0 unspecified atom stereocenters. The minimum absolute atomic E-state index is 0.0545. The monoisotopic (exact) mass is 498 g/mol. The smallest absolute Gasteiger partial charge is 0.233 e. The number of imide groups is 1. The van der Waals surface area contributed by atoms with Gasteiger partial charge in [-0.05, 0) is 33.6 Å². The van der Waals surface area contributed by atoms with Crippen LogP contribution in [0.5, 0.6) is 0 Å². The third-order valence-electron chi connectivity index (χ3n) is 8.05. The van der Waals surface area contributed by atoms with Crippen molar-refractivity contribution in [3.63, 3.8) is 0 Å². The summed E-state index contributed by atoms with van der Waals surface area (Å²) in [5, 5.41) is 46.5. The topological polar surface area (TPSA) is 168 Å². The summed E-state index contributed by atoms with van der Waals surface area (Å²) in [5.41, 5.74) is 0.479. The molecule has 2 saturated carbocycles. The molecule has 35 heavy (non-hydrogen) atoms. The molecule has 2 aliphatic carbocycles. The van der Waals surface area contributed by atoms with E-state index in [0.29, 0.717) is 18.6 Å². The molecule has 0 bridgehead atoms. The molecule has 11 atom stereocenters. The molecule has 5 rings (SSSR count). The summed E-state index contributed by atoms with van der Waals surface area (Å²) < 4.78 is 16.8. The van der Waals surface area contributed by atoms with Crippen molar-refractivity contribution in [3.8, 4) is 0 Å². The zero-order valence-corrected chi connectivity index (χ0v) is 20.0. The number of oxime groups is 1. The Bertz CT molecular complexity index is 896. The number of ether oxygens (including phenoxy) is 3. The predicted molar refractivity (Wildman–Crippen MR) is 116 cm³/mol. The van der Waals surface area contributed by atoms with Gasteiger partial charge in [0.05, 0.1) is 29.8 Å². The molecule has 5 fully saturated rings. The summed E-state index contributed by atoms with van der Waals surface area (Å²) in [4.78, 5) is 32.2. The van der Waals surface area contributed by atoms with Gasteiger partial charge in [-0.1, -0.05) is 5.16 Å². The van der Waals surface area contributed by atoms with E-state index in [1.54, 1.807) is 20.8 Å². The van der Waals surface area contributed by atoms with Crippen LogP contribution in [0.3, 0.4) is 0 Å². The Hall–Kier alpha value is -1.67. The third-order valence-corrected chi connectivity index (χ3v) is 8.05. The van der Waals surface area contributed by atoms with E-state index in [2.05, 4.69) is 5.16 Å². The average molecular weight is 499 g/mol. The van der Waals surface area contributed by atoms with Gasteiger partial charge in [-0.3, -0.25) is 14.5 Å². The molecule has 0 spiro atoms. The SMILES string of the molecule is CCN1C(=O)[C@H]2[C@H]3[C@H](O)[C@H](O)C/C(=N\OC[C@@H](O)[C@H]4O[C@@H]5OC(C)(C)O[C@@H]5[C@H]4O)[C@@H]3CC[C@H]2C1=O. The molecule has 0 radical (unpaired) electrons. The van der Waals surface area contributed by atoms with Crippen LogP contribution in [0.25, 0.3) is 0 Å². The van der Waals surface area contributed by atoms with Gasteiger partial charge >= 0.3 is 0 Å². The molecule has 0 aromatic heterocycles. The van der Waals surface area contributed by atoms with Crippen molar-refractivity contribution in [2.45, 2.75) is 88.7 Å². The van der Waals surface area contributed by atoms with Gasteiger partial charge in [0.2, 0.25) is 11.8 Å². The number of nitrogens with zero attached hydrogens (tertiary/aromatic N) is 2. The zero-order valence-electron chi connectivity index (χ0n) is 20.0. The molecule has 0 aromatic carbocycles. The number of hydrogen-bond acceptors (Lipinski definition) is 11. The van der Waals surface area contributed by atoms with Crippen LogP contribution in [0.1, 0.15) is 40.0 Å². The lowest BCUT2D eigenvalue weighted by atomic mass is 9.60. The highest BCUT2D eigenvalue weighted by molar-refractivity contribution is 6.06. The number of aliphatic hydroxyl groups excluding tert-OH is 4. The van der Waals surface area contributed by atoms with E-state index in [1.165, 1.54) is 4.90 Å². The van der Waals surface area contributed by atoms with Crippen molar-refractivity contribution in [1.82, 2.24) is 4.90 Å². The fourth-order valence-corrected chi connectivity index (χ4v) is 6.48. The first-order chi connectivity index (χ1) is 16.5. The fraction of sp³-hybridized carbons (Fsp3) is 0.870. The van der Waals surface area contributed by atoms with Crippen LogP contribution in [0.4, 0.5) is 0 Å². The highest BCUT2D eigenvalue weighted by Crippen LogP contribution is 2.49. The Balaban J connectivity index is 1.25. The van der Waals surface area contributed by atoms with Crippen LogP contribution in [0, 0.1) is 23.7 Å². The molecule has 12 nitrogen and oxygen atoms in total. The highest BCUT2D eigenvalue weighted by Gasteiger charge is 2.60. The largest absolute Gasteiger partial charge is 0.393 e. The molecule has 2 amide bonds. The Kier molecular flexibility index (Phi) is 6.44. The molecular formula is C23H34N2O10. The van der Waals surface area contributed by atoms with Crippen LogP contribution in [0.15, 0.2) is 5.16 Å². The maximum Gasteiger partial charge on any atom is 0.233 e. The second-order valence-electron chi connectivity index (χ2n) is 10.6. The molecule has 4 N–H and O–H groups in total. The van der Waals surface area contributed by atoms with E-state index in [1.807, 2.05) is 0 Å². The maximum absolute atomic E-state index is 12.9. The number of aliphatic hydroxyl groups is 4. The Morgan fingerprint density at radius 1 is 1.11 bits per heavy atom. The van der Waals surface area contributed by atoms with Crippen molar-refractivity contribution < 1.29 is 49.1 Å². The first kappa shape index (κ1) is 25.0. The van der Waals surface area contributed by atoms with Crippen LogP contribution < -0.4 is 0 Å². The van der Waals surface area contributed by atoms with Crippen molar-refractivity contribution in [1.29, 1.82) is 0 Å². The van der Waals surface area contributed by atoms with Crippen LogP contribution in [-0.2, 0) is 28.6 Å². The van der Waals surface area contributed by atoms with Gasteiger partial charge < -0.3 is 39.5 Å². The Labute approximate surface area is 202 Å². The van der Waals surface area contributed by atoms with Crippen LogP contribution in [0.2, 0.25) is 0 Å². The summed E-state index contributed by atoms with van der Waals surface area (Å²) in [6, 6.07) is 0.